The molecule has 1 aromatic heterocycles. The molecule has 0 amide bonds. The van der Waals surface area contributed by atoms with Crippen LogP contribution in [-0.4, -0.2) is 28.2 Å². The Hall–Kier alpha value is -1.46. The van der Waals surface area contributed by atoms with Crippen LogP contribution in [0.2, 0.25) is 0 Å². The Labute approximate surface area is 142 Å². The molecule has 1 aliphatic rings. The summed E-state index contributed by atoms with van der Waals surface area (Å²) in [5.41, 5.74) is 3.78. The van der Waals surface area contributed by atoms with Gasteiger partial charge >= 0.3 is 0 Å². The number of hydrogen-bond donors (Lipinski definition) is 1. The van der Waals surface area contributed by atoms with Crippen molar-refractivity contribution in [3.05, 3.63) is 47.8 Å². The van der Waals surface area contributed by atoms with E-state index in [1.54, 1.807) is 0 Å². The van der Waals surface area contributed by atoms with Crippen LogP contribution >= 0.6 is 11.8 Å². The molecule has 0 atom stereocenters. The second kappa shape index (κ2) is 8.41. The van der Waals surface area contributed by atoms with E-state index < -0.39 is 0 Å². The first-order chi connectivity index (χ1) is 11.3. The van der Waals surface area contributed by atoms with Gasteiger partial charge in [-0.15, -0.1) is 0 Å². The second-order valence-corrected chi connectivity index (χ2v) is 7.17. The van der Waals surface area contributed by atoms with Gasteiger partial charge in [-0.2, -0.15) is 16.9 Å². The number of aromatic nitrogens is 2. The highest BCUT2D eigenvalue weighted by Gasteiger charge is 2.13. The van der Waals surface area contributed by atoms with E-state index in [0.29, 0.717) is 0 Å². The fraction of sp³-hybridized carbons (Fsp3) is 0.500. The average Bonchev–Trinajstić information content (AvgIpc) is 3.08. The Kier molecular flexibility index (Phi) is 6.00. The Morgan fingerprint density at radius 1 is 1.30 bits per heavy atom. The largest absolute Gasteiger partial charge is 0.381 e. The summed E-state index contributed by atoms with van der Waals surface area (Å²) >= 11 is 2.06. The quantitative estimate of drug-likeness (QED) is 0.834. The predicted octanol–water partition coefficient (Wildman–Crippen LogP) is 3.93. The molecule has 4 nitrogen and oxygen atoms in total. The summed E-state index contributed by atoms with van der Waals surface area (Å²) in [5.74, 6) is 1.08. The summed E-state index contributed by atoms with van der Waals surface area (Å²) in [4.78, 5) is 0. The van der Waals surface area contributed by atoms with E-state index in [1.165, 1.54) is 29.7 Å². The molecule has 0 aliphatic carbocycles. The first-order valence-corrected chi connectivity index (χ1v) is 9.42. The smallest absolute Gasteiger partial charge is 0.0539 e. The van der Waals surface area contributed by atoms with Gasteiger partial charge in [0.25, 0.3) is 0 Å². The van der Waals surface area contributed by atoms with Crippen molar-refractivity contribution in [3.63, 3.8) is 0 Å². The first-order valence-electron chi connectivity index (χ1n) is 8.37. The van der Waals surface area contributed by atoms with Crippen LogP contribution in [-0.2, 0) is 23.6 Å². The van der Waals surface area contributed by atoms with Gasteiger partial charge in [0.1, 0.15) is 0 Å². The minimum Gasteiger partial charge on any atom is -0.381 e. The molecule has 1 aliphatic heterocycles. The summed E-state index contributed by atoms with van der Waals surface area (Å²) in [7, 11) is 0. The van der Waals surface area contributed by atoms with E-state index >= 15 is 0 Å². The monoisotopic (exact) mass is 331 g/mol. The van der Waals surface area contributed by atoms with Crippen molar-refractivity contribution in [3.8, 4) is 0 Å². The van der Waals surface area contributed by atoms with Crippen molar-refractivity contribution in [1.82, 2.24) is 9.78 Å². The number of rotatable bonds is 7. The summed E-state index contributed by atoms with van der Waals surface area (Å²) in [6, 6.07) is 8.74. The van der Waals surface area contributed by atoms with Crippen LogP contribution in [0.1, 0.15) is 30.9 Å². The van der Waals surface area contributed by atoms with Gasteiger partial charge in [-0.05, 0) is 37.5 Å². The molecule has 0 spiro atoms. The average molecular weight is 331 g/mol. The van der Waals surface area contributed by atoms with Gasteiger partial charge in [0.2, 0.25) is 0 Å². The zero-order valence-electron chi connectivity index (χ0n) is 13.7. The van der Waals surface area contributed by atoms with Crippen molar-refractivity contribution in [2.24, 2.45) is 0 Å². The lowest BCUT2D eigenvalue weighted by atomic mass is 10.2. The van der Waals surface area contributed by atoms with Crippen LogP contribution in [0.4, 0.5) is 5.69 Å². The Morgan fingerprint density at radius 2 is 2.17 bits per heavy atom. The summed E-state index contributed by atoms with van der Waals surface area (Å²) in [6.45, 7) is 5.68. The van der Waals surface area contributed by atoms with Crippen molar-refractivity contribution in [1.29, 1.82) is 0 Å². The molecule has 23 heavy (non-hydrogen) atoms. The van der Waals surface area contributed by atoms with Crippen molar-refractivity contribution in [2.75, 3.05) is 18.5 Å². The highest BCUT2D eigenvalue weighted by molar-refractivity contribution is 7.99. The van der Waals surface area contributed by atoms with Crippen molar-refractivity contribution < 1.29 is 4.74 Å². The standard InChI is InChI=1S/C18H25N3OS/c1-2-21-13-16(12-20-21)11-19-17-5-3-4-15(10-17)14-23-18-6-8-22-9-7-18/h3-5,10,12-13,18-19H,2,6-9,11,14H2,1H3. The maximum atomic E-state index is 5.42. The highest BCUT2D eigenvalue weighted by Crippen LogP contribution is 2.26. The third-order valence-electron chi connectivity index (χ3n) is 4.09. The van der Waals surface area contributed by atoms with Crippen LogP contribution in [0, 0.1) is 0 Å². The normalized spacial score (nSPS) is 15.7. The van der Waals surface area contributed by atoms with Gasteiger partial charge in [-0.1, -0.05) is 12.1 Å². The van der Waals surface area contributed by atoms with E-state index in [0.717, 1.165) is 37.3 Å². The molecule has 0 radical (unpaired) electrons. The molecule has 0 saturated carbocycles. The first kappa shape index (κ1) is 16.4. The van der Waals surface area contributed by atoms with Gasteiger partial charge in [-0.3, -0.25) is 4.68 Å². The molecule has 1 aromatic carbocycles. The molecule has 1 fully saturated rings. The fourth-order valence-corrected chi connectivity index (χ4v) is 3.84. The molecule has 3 rings (SSSR count). The fourth-order valence-electron chi connectivity index (χ4n) is 2.70. The lowest BCUT2D eigenvalue weighted by Crippen LogP contribution is -2.17. The third-order valence-corrected chi connectivity index (χ3v) is 5.53. The number of thioether (sulfide) groups is 1. The van der Waals surface area contributed by atoms with E-state index in [4.69, 9.17) is 4.74 Å². The highest BCUT2D eigenvalue weighted by atomic mass is 32.2. The Morgan fingerprint density at radius 3 is 2.96 bits per heavy atom. The summed E-state index contributed by atoms with van der Waals surface area (Å²) in [5, 5.41) is 8.55. The Bertz CT molecular complexity index is 608. The Balaban J connectivity index is 1.50. The molecule has 124 valence electrons. The molecule has 0 unspecified atom stereocenters. The van der Waals surface area contributed by atoms with Crippen LogP contribution in [0.3, 0.4) is 0 Å². The second-order valence-electron chi connectivity index (χ2n) is 5.88. The SMILES string of the molecule is CCn1cc(CNc2cccc(CSC3CCOCC3)c2)cn1. The van der Waals surface area contributed by atoms with Gasteiger partial charge in [0, 0.05) is 54.8 Å². The van der Waals surface area contributed by atoms with Crippen LogP contribution < -0.4 is 5.32 Å². The number of nitrogens with one attached hydrogen (secondary N) is 1. The predicted molar refractivity (Wildman–Crippen MR) is 96.8 cm³/mol. The number of anilines is 1. The van der Waals surface area contributed by atoms with Crippen LogP contribution in [0.5, 0.6) is 0 Å². The summed E-state index contributed by atoms with van der Waals surface area (Å²) < 4.78 is 7.38. The van der Waals surface area contributed by atoms with Gasteiger partial charge in [0.05, 0.1) is 6.20 Å². The number of hydrogen-bond acceptors (Lipinski definition) is 4. The molecular weight excluding hydrogens is 306 g/mol. The molecule has 1 N–H and O–H groups in total. The van der Waals surface area contributed by atoms with E-state index in [-0.39, 0.29) is 0 Å². The van der Waals surface area contributed by atoms with E-state index in [1.807, 2.05) is 10.9 Å². The third kappa shape index (κ3) is 5.01. The maximum Gasteiger partial charge on any atom is 0.0539 e. The van der Waals surface area contributed by atoms with Crippen molar-refractivity contribution in [2.45, 2.75) is 43.9 Å². The topological polar surface area (TPSA) is 39.1 Å². The molecule has 1 saturated heterocycles. The number of benzene rings is 1. The van der Waals surface area contributed by atoms with Crippen LogP contribution in [0.15, 0.2) is 36.7 Å². The lowest BCUT2D eigenvalue weighted by Gasteiger charge is -2.21. The zero-order valence-corrected chi connectivity index (χ0v) is 14.5. The number of aryl methyl sites for hydroxylation is 1. The number of nitrogens with zero attached hydrogens (tertiary/aromatic N) is 2. The van der Waals surface area contributed by atoms with Gasteiger partial charge < -0.3 is 10.1 Å². The maximum absolute atomic E-state index is 5.42. The van der Waals surface area contributed by atoms with E-state index in [2.05, 4.69) is 59.6 Å². The van der Waals surface area contributed by atoms with E-state index in [9.17, 15) is 0 Å². The van der Waals surface area contributed by atoms with Gasteiger partial charge in [-0.25, -0.2) is 0 Å². The number of ether oxygens (including phenoxy) is 1. The van der Waals surface area contributed by atoms with Crippen LogP contribution in [0.25, 0.3) is 0 Å². The minimum absolute atomic E-state index is 0.750. The zero-order chi connectivity index (χ0) is 15.9. The van der Waals surface area contributed by atoms with Crippen molar-refractivity contribution >= 4 is 17.4 Å². The molecular formula is C18H25N3OS. The minimum atomic E-state index is 0.750. The molecule has 2 aromatic rings. The molecule has 0 bridgehead atoms. The van der Waals surface area contributed by atoms with Gasteiger partial charge in [0.15, 0.2) is 0 Å². The molecule has 2 heterocycles. The lowest BCUT2D eigenvalue weighted by molar-refractivity contribution is 0.1000. The molecule has 5 heteroatoms. The summed E-state index contributed by atoms with van der Waals surface area (Å²) in [6.07, 6.45) is 6.40.